The molecule has 2 aromatic heterocycles. The predicted octanol–water partition coefficient (Wildman–Crippen LogP) is 2.45. The van der Waals surface area contributed by atoms with Crippen LogP contribution in [0, 0.1) is 0 Å². The van der Waals surface area contributed by atoms with Crippen molar-refractivity contribution in [3.05, 3.63) is 54.2 Å². The van der Waals surface area contributed by atoms with Crippen LogP contribution in [0.1, 0.15) is 5.56 Å². The molecular formula is C14H12N4O2. The first kappa shape index (κ1) is 12.2. The summed E-state index contributed by atoms with van der Waals surface area (Å²) in [6.45, 7) is 0.603. The average Bonchev–Trinajstić information content (AvgIpc) is 2.96. The fourth-order valence-electron chi connectivity index (χ4n) is 1.68. The lowest BCUT2D eigenvalue weighted by molar-refractivity contribution is 0.472. The standard InChI is InChI=1S/C14H12N4O2/c19-11-6-7-12(15-9-11)13-17-18-14(20-13)16-8-10-4-2-1-3-5-10/h1-7,9,19H,8H2,(H,16,18). The third-order valence-corrected chi connectivity index (χ3v) is 2.68. The van der Waals surface area contributed by atoms with Gasteiger partial charge in [-0.15, -0.1) is 5.10 Å². The summed E-state index contributed by atoms with van der Waals surface area (Å²) in [4.78, 5) is 4.01. The number of aromatic nitrogens is 3. The van der Waals surface area contributed by atoms with E-state index in [1.165, 1.54) is 12.3 Å². The van der Waals surface area contributed by atoms with Gasteiger partial charge >= 0.3 is 6.01 Å². The molecule has 0 fully saturated rings. The number of benzene rings is 1. The maximum absolute atomic E-state index is 9.18. The van der Waals surface area contributed by atoms with E-state index in [9.17, 15) is 5.11 Å². The molecule has 0 atom stereocenters. The summed E-state index contributed by atoms with van der Waals surface area (Å²) in [6, 6.07) is 13.4. The quantitative estimate of drug-likeness (QED) is 0.756. The molecular weight excluding hydrogens is 256 g/mol. The second kappa shape index (κ2) is 5.40. The number of aromatic hydroxyl groups is 1. The summed E-state index contributed by atoms with van der Waals surface area (Å²) in [7, 11) is 0. The van der Waals surface area contributed by atoms with E-state index in [-0.39, 0.29) is 5.75 Å². The molecule has 0 aliphatic heterocycles. The van der Waals surface area contributed by atoms with Gasteiger partial charge in [0.2, 0.25) is 0 Å². The van der Waals surface area contributed by atoms with E-state index >= 15 is 0 Å². The molecule has 0 unspecified atom stereocenters. The van der Waals surface area contributed by atoms with Crippen molar-refractivity contribution in [2.24, 2.45) is 0 Å². The lowest BCUT2D eigenvalue weighted by Gasteiger charge is -2.00. The Kier molecular flexibility index (Phi) is 3.28. The first-order valence-corrected chi connectivity index (χ1v) is 6.08. The van der Waals surface area contributed by atoms with Crippen LogP contribution in [0.5, 0.6) is 5.75 Å². The van der Waals surface area contributed by atoms with Gasteiger partial charge in [0.1, 0.15) is 11.4 Å². The molecule has 6 nitrogen and oxygen atoms in total. The SMILES string of the molecule is Oc1ccc(-c2nnc(NCc3ccccc3)o2)nc1. The highest BCUT2D eigenvalue weighted by Crippen LogP contribution is 2.19. The number of nitrogens with one attached hydrogen (secondary N) is 1. The van der Waals surface area contributed by atoms with E-state index in [1.54, 1.807) is 6.07 Å². The highest BCUT2D eigenvalue weighted by atomic mass is 16.4. The fourth-order valence-corrected chi connectivity index (χ4v) is 1.68. The van der Waals surface area contributed by atoms with Crippen molar-refractivity contribution in [3.8, 4) is 17.3 Å². The molecule has 2 heterocycles. The van der Waals surface area contributed by atoms with Crippen molar-refractivity contribution in [3.63, 3.8) is 0 Å². The summed E-state index contributed by atoms with van der Waals surface area (Å²) < 4.78 is 5.45. The first-order valence-electron chi connectivity index (χ1n) is 6.08. The van der Waals surface area contributed by atoms with Gasteiger partial charge in [0.05, 0.1) is 6.20 Å². The maximum atomic E-state index is 9.18. The Labute approximate surface area is 115 Å². The van der Waals surface area contributed by atoms with E-state index in [2.05, 4.69) is 20.5 Å². The van der Waals surface area contributed by atoms with Crippen LogP contribution in [0.4, 0.5) is 6.01 Å². The third kappa shape index (κ3) is 2.74. The van der Waals surface area contributed by atoms with Gasteiger partial charge < -0.3 is 14.8 Å². The maximum Gasteiger partial charge on any atom is 0.316 e. The number of hydrogen-bond donors (Lipinski definition) is 2. The molecule has 0 amide bonds. The number of hydrogen-bond acceptors (Lipinski definition) is 6. The smallest absolute Gasteiger partial charge is 0.316 e. The molecule has 0 aliphatic rings. The molecule has 6 heteroatoms. The third-order valence-electron chi connectivity index (χ3n) is 2.68. The van der Waals surface area contributed by atoms with Crippen molar-refractivity contribution < 1.29 is 9.52 Å². The summed E-state index contributed by atoms with van der Waals surface area (Å²) in [5, 5.41) is 20.0. The Morgan fingerprint density at radius 2 is 1.90 bits per heavy atom. The Morgan fingerprint density at radius 3 is 2.65 bits per heavy atom. The van der Waals surface area contributed by atoms with E-state index in [1.807, 2.05) is 30.3 Å². The van der Waals surface area contributed by atoms with E-state index in [0.29, 0.717) is 24.1 Å². The largest absolute Gasteiger partial charge is 0.506 e. The minimum absolute atomic E-state index is 0.0932. The van der Waals surface area contributed by atoms with Gasteiger partial charge in [-0.3, -0.25) is 0 Å². The van der Waals surface area contributed by atoms with Crippen molar-refractivity contribution in [1.82, 2.24) is 15.2 Å². The molecule has 0 radical (unpaired) electrons. The second-order valence-corrected chi connectivity index (χ2v) is 4.15. The first-order chi connectivity index (χ1) is 9.81. The van der Waals surface area contributed by atoms with Crippen LogP contribution in [0.2, 0.25) is 0 Å². The highest BCUT2D eigenvalue weighted by molar-refractivity contribution is 5.48. The number of rotatable bonds is 4. The number of nitrogens with zero attached hydrogens (tertiary/aromatic N) is 3. The van der Waals surface area contributed by atoms with E-state index in [0.717, 1.165) is 5.56 Å². The molecule has 0 saturated heterocycles. The molecule has 0 bridgehead atoms. The van der Waals surface area contributed by atoms with Gasteiger partial charge in [-0.2, -0.15) is 0 Å². The van der Waals surface area contributed by atoms with Crippen LogP contribution in [0.25, 0.3) is 11.6 Å². The molecule has 3 aromatic rings. The van der Waals surface area contributed by atoms with E-state index < -0.39 is 0 Å². The molecule has 20 heavy (non-hydrogen) atoms. The normalized spacial score (nSPS) is 10.4. The highest BCUT2D eigenvalue weighted by Gasteiger charge is 2.09. The van der Waals surface area contributed by atoms with Crippen molar-refractivity contribution in [1.29, 1.82) is 0 Å². The van der Waals surface area contributed by atoms with Crippen molar-refractivity contribution in [2.45, 2.75) is 6.54 Å². The summed E-state index contributed by atoms with van der Waals surface area (Å²) in [6.07, 6.45) is 1.33. The van der Waals surface area contributed by atoms with E-state index in [4.69, 9.17) is 4.42 Å². The molecule has 1 aromatic carbocycles. The molecule has 3 rings (SSSR count). The zero-order valence-electron chi connectivity index (χ0n) is 10.5. The predicted molar refractivity (Wildman–Crippen MR) is 73.0 cm³/mol. The fraction of sp³-hybridized carbons (Fsp3) is 0.0714. The summed E-state index contributed by atoms with van der Waals surface area (Å²) in [5.74, 6) is 0.399. The molecule has 100 valence electrons. The van der Waals surface area contributed by atoms with Gasteiger partial charge in [-0.1, -0.05) is 35.4 Å². The van der Waals surface area contributed by atoms with Gasteiger partial charge in [0.15, 0.2) is 0 Å². The molecule has 0 aliphatic carbocycles. The minimum atomic E-state index is 0.0932. The van der Waals surface area contributed by atoms with Crippen LogP contribution in [-0.4, -0.2) is 20.3 Å². The topological polar surface area (TPSA) is 84.1 Å². The molecule has 0 saturated carbocycles. The molecule has 2 N–H and O–H groups in total. The average molecular weight is 268 g/mol. The monoisotopic (exact) mass is 268 g/mol. The Morgan fingerprint density at radius 1 is 1.05 bits per heavy atom. The second-order valence-electron chi connectivity index (χ2n) is 4.15. The van der Waals surface area contributed by atoms with Gasteiger partial charge in [-0.05, 0) is 17.7 Å². The van der Waals surface area contributed by atoms with Crippen molar-refractivity contribution >= 4 is 6.01 Å². The summed E-state index contributed by atoms with van der Waals surface area (Å²) in [5.41, 5.74) is 1.64. The Balaban J connectivity index is 1.69. The van der Waals surface area contributed by atoms with Gasteiger partial charge in [0.25, 0.3) is 5.89 Å². The lowest BCUT2D eigenvalue weighted by Crippen LogP contribution is -1.98. The number of anilines is 1. The van der Waals surface area contributed by atoms with Crippen molar-refractivity contribution in [2.75, 3.05) is 5.32 Å². The number of pyridine rings is 1. The van der Waals surface area contributed by atoms with Gasteiger partial charge in [0, 0.05) is 6.54 Å². The van der Waals surface area contributed by atoms with Crippen LogP contribution in [0.15, 0.2) is 53.1 Å². The van der Waals surface area contributed by atoms with Crippen LogP contribution >= 0.6 is 0 Å². The lowest BCUT2D eigenvalue weighted by atomic mass is 10.2. The molecule has 0 spiro atoms. The van der Waals surface area contributed by atoms with Crippen LogP contribution in [0.3, 0.4) is 0 Å². The minimum Gasteiger partial charge on any atom is -0.506 e. The van der Waals surface area contributed by atoms with Crippen LogP contribution < -0.4 is 5.32 Å². The van der Waals surface area contributed by atoms with Crippen LogP contribution in [-0.2, 0) is 6.54 Å². The zero-order chi connectivity index (χ0) is 13.8. The van der Waals surface area contributed by atoms with Gasteiger partial charge in [-0.25, -0.2) is 4.98 Å². The Bertz CT molecular complexity index is 680. The summed E-state index contributed by atoms with van der Waals surface area (Å²) >= 11 is 0. The zero-order valence-corrected chi connectivity index (χ0v) is 10.5. The Hall–Kier alpha value is -2.89.